The lowest BCUT2D eigenvalue weighted by molar-refractivity contribution is -0.143. The molecular weight excluding hydrogens is 258 g/mol. The lowest BCUT2D eigenvalue weighted by atomic mass is 10.0. The van der Waals surface area contributed by atoms with Crippen molar-refractivity contribution in [2.75, 3.05) is 0 Å². The summed E-state index contributed by atoms with van der Waals surface area (Å²) in [6, 6.07) is -0.403. The molecule has 5 nitrogen and oxygen atoms in total. The summed E-state index contributed by atoms with van der Waals surface area (Å²) in [5, 5.41) is 11.6. The number of aliphatic carboxylic acids is 1. The third-order valence-corrected chi connectivity index (χ3v) is 4.08. The van der Waals surface area contributed by atoms with E-state index >= 15 is 0 Å². The molecule has 1 saturated carbocycles. The third kappa shape index (κ3) is 5.49. The van der Waals surface area contributed by atoms with Gasteiger partial charge in [-0.3, -0.25) is 9.59 Å². The quantitative estimate of drug-likeness (QED) is 0.734. The summed E-state index contributed by atoms with van der Waals surface area (Å²) >= 11 is 0. The molecule has 0 aromatic heterocycles. The van der Waals surface area contributed by atoms with E-state index in [9.17, 15) is 9.59 Å². The van der Waals surface area contributed by atoms with Gasteiger partial charge in [-0.1, -0.05) is 25.7 Å². The highest BCUT2D eigenvalue weighted by Gasteiger charge is 2.25. The number of nitrogens with one attached hydrogen (secondary N) is 1. The predicted molar refractivity (Wildman–Crippen MR) is 76.4 cm³/mol. The number of rotatable bonds is 6. The van der Waals surface area contributed by atoms with E-state index in [1.54, 1.807) is 20.8 Å². The van der Waals surface area contributed by atoms with Crippen LogP contribution in [0.2, 0.25) is 0 Å². The van der Waals surface area contributed by atoms with Gasteiger partial charge in [-0.25, -0.2) is 0 Å². The molecule has 1 amide bonds. The Morgan fingerprint density at radius 3 is 2.15 bits per heavy atom. The average Bonchev–Trinajstić information content (AvgIpc) is 2.66. The molecule has 3 unspecified atom stereocenters. The van der Waals surface area contributed by atoms with Gasteiger partial charge in [0.05, 0.1) is 12.0 Å². The standard InChI is InChI=1S/C15H27NO4/c1-10(15(18)19)11(2)16-14(17)12(3)20-13-8-6-4-5-7-9-13/h10-13H,4-9H2,1-3H3,(H,16,17)(H,18,19). The van der Waals surface area contributed by atoms with E-state index in [4.69, 9.17) is 9.84 Å². The average molecular weight is 285 g/mol. The molecule has 5 heteroatoms. The van der Waals surface area contributed by atoms with E-state index in [2.05, 4.69) is 5.32 Å². The topological polar surface area (TPSA) is 75.6 Å². The van der Waals surface area contributed by atoms with Crippen molar-refractivity contribution in [3.63, 3.8) is 0 Å². The van der Waals surface area contributed by atoms with Gasteiger partial charge in [-0.05, 0) is 33.6 Å². The van der Waals surface area contributed by atoms with E-state index in [-0.39, 0.29) is 12.0 Å². The second kappa shape index (κ2) is 8.25. The number of carboxylic acid groups (broad SMARTS) is 1. The van der Waals surface area contributed by atoms with Crippen LogP contribution in [0.3, 0.4) is 0 Å². The van der Waals surface area contributed by atoms with Crippen molar-refractivity contribution in [1.29, 1.82) is 0 Å². The molecule has 2 N–H and O–H groups in total. The van der Waals surface area contributed by atoms with Crippen LogP contribution in [0.1, 0.15) is 59.3 Å². The number of carboxylic acids is 1. The fraction of sp³-hybridized carbons (Fsp3) is 0.867. The largest absolute Gasteiger partial charge is 0.481 e. The van der Waals surface area contributed by atoms with E-state index in [0.29, 0.717) is 0 Å². The zero-order chi connectivity index (χ0) is 15.1. The maximum atomic E-state index is 12.0. The van der Waals surface area contributed by atoms with Gasteiger partial charge in [-0.2, -0.15) is 0 Å². The van der Waals surface area contributed by atoms with E-state index in [1.807, 2.05) is 0 Å². The third-order valence-electron chi connectivity index (χ3n) is 4.08. The zero-order valence-electron chi connectivity index (χ0n) is 12.7. The lowest BCUT2D eigenvalue weighted by Gasteiger charge is -2.23. The first-order valence-electron chi connectivity index (χ1n) is 7.60. The minimum Gasteiger partial charge on any atom is -0.481 e. The summed E-state index contributed by atoms with van der Waals surface area (Å²) in [5.74, 6) is -1.74. The van der Waals surface area contributed by atoms with Crippen LogP contribution in [-0.2, 0) is 14.3 Å². The van der Waals surface area contributed by atoms with Crippen molar-refractivity contribution in [3.8, 4) is 0 Å². The van der Waals surface area contributed by atoms with Gasteiger partial charge in [0.25, 0.3) is 0 Å². The molecule has 0 heterocycles. The van der Waals surface area contributed by atoms with Gasteiger partial charge in [0.2, 0.25) is 5.91 Å². The molecule has 3 atom stereocenters. The van der Waals surface area contributed by atoms with Crippen LogP contribution >= 0.6 is 0 Å². The number of ether oxygens (including phenoxy) is 1. The monoisotopic (exact) mass is 285 g/mol. The summed E-state index contributed by atoms with van der Waals surface area (Å²) in [6.45, 7) is 5.03. The Morgan fingerprint density at radius 1 is 1.10 bits per heavy atom. The summed E-state index contributed by atoms with van der Waals surface area (Å²) in [7, 11) is 0. The summed E-state index contributed by atoms with van der Waals surface area (Å²) in [5.41, 5.74) is 0. The summed E-state index contributed by atoms with van der Waals surface area (Å²) < 4.78 is 5.81. The van der Waals surface area contributed by atoms with Crippen molar-refractivity contribution in [2.24, 2.45) is 5.92 Å². The van der Waals surface area contributed by atoms with Gasteiger partial charge in [0, 0.05) is 6.04 Å². The van der Waals surface area contributed by atoms with Gasteiger partial charge in [0.15, 0.2) is 0 Å². The van der Waals surface area contributed by atoms with Crippen LogP contribution in [0, 0.1) is 5.92 Å². The van der Waals surface area contributed by atoms with E-state index < -0.39 is 24.0 Å². The fourth-order valence-electron chi connectivity index (χ4n) is 2.41. The number of hydrogen-bond acceptors (Lipinski definition) is 3. The molecule has 116 valence electrons. The Morgan fingerprint density at radius 2 is 1.65 bits per heavy atom. The number of amides is 1. The number of carbonyl (C=O) groups is 2. The van der Waals surface area contributed by atoms with Crippen molar-refractivity contribution in [2.45, 2.75) is 77.5 Å². The Bertz CT molecular complexity index is 324. The van der Waals surface area contributed by atoms with Crippen LogP contribution in [0.4, 0.5) is 0 Å². The fourth-order valence-corrected chi connectivity index (χ4v) is 2.41. The normalized spacial score (nSPS) is 21.6. The second-order valence-corrected chi connectivity index (χ2v) is 5.82. The van der Waals surface area contributed by atoms with Gasteiger partial charge in [-0.15, -0.1) is 0 Å². The van der Waals surface area contributed by atoms with Gasteiger partial charge < -0.3 is 15.2 Å². The molecule has 1 fully saturated rings. The molecule has 0 aromatic rings. The highest BCUT2D eigenvalue weighted by Crippen LogP contribution is 2.21. The molecule has 0 spiro atoms. The van der Waals surface area contributed by atoms with E-state index in [0.717, 1.165) is 25.7 Å². The first kappa shape index (κ1) is 17.0. The minimum atomic E-state index is -0.907. The Hall–Kier alpha value is -1.10. The van der Waals surface area contributed by atoms with Crippen molar-refractivity contribution >= 4 is 11.9 Å². The molecule has 20 heavy (non-hydrogen) atoms. The summed E-state index contributed by atoms with van der Waals surface area (Å²) in [6.07, 6.45) is 6.46. The van der Waals surface area contributed by atoms with Crippen LogP contribution in [0.5, 0.6) is 0 Å². The van der Waals surface area contributed by atoms with Crippen molar-refractivity contribution in [1.82, 2.24) is 5.32 Å². The van der Waals surface area contributed by atoms with Crippen LogP contribution in [0.15, 0.2) is 0 Å². The maximum Gasteiger partial charge on any atom is 0.308 e. The zero-order valence-corrected chi connectivity index (χ0v) is 12.7. The SMILES string of the molecule is CC(OC1CCCCCC1)C(=O)NC(C)C(C)C(=O)O. The predicted octanol–water partition coefficient (Wildman–Crippen LogP) is 2.34. The molecule has 0 aromatic carbocycles. The number of carbonyl (C=O) groups excluding carboxylic acids is 1. The molecule has 0 aliphatic heterocycles. The molecule has 0 radical (unpaired) electrons. The van der Waals surface area contributed by atoms with Gasteiger partial charge >= 0.3 is 5.97 Å². The first-order chi connectivity index (χ1) is 9.41. The highest BCUT2D eigenvalue weighted by atomic mass is 16.5. The molecular formula is C15H27NO4. The van der Waals surface area contributed by atoms with Crippen LogP contribution < -0.4 is 5.32 Å². The molecule has 1 rings (SSSR count). The molecule has 1 aliphatic carbocycles. The van der Waals surface area contributed by atoms with Crippen molar-refractivity contribution in [3.05, 3.63) is 0 Å². The molecule has 0 bridgehead atoms. The lowest BCUT2D eigenvalue weighted by Crippen LogP contribution is -2.45. The van der Waals surface area contributed by atoms with E-state index in [1.165, 1.54) is 12.8 Å². The smallest absolute Gasteiger partial charge is 0.308 e. The van der Waals surface area contributed by atoms with Gasteiger partial charge in [0.1, 0.15) is 6.10 Å². The number of hydrogen-bond donors (Lipinski definition) is 2. The Kier molecular flexibility index (Phi) is 6.99. The highest BCUT2D eigenvalue weighted by molar-refractivity contribution is 5.81. The molecule has 1 aliphatic rings. The minimum absolute atomic E-state index is 0.158. The maximum absolute atomic E-state index is 12.0. The van der Waals surface area contributed by atoms with Crippen LogP contribution in [-0.4, -0.2) is 35.2 Å². The second-order valence-electron chi connectivity index (χ2n) is 5.82. The summed E-state index contributed by atoms with van der Waals surface area (Å²) in [4.78, 5) is 22.9. The first-order valence-corrected chi connectivity index (χ1v) is 7.60. The Labute approximate surface area is 121 Å². The van der Waals surface area contributed by atoms with Crippen LogP contribution in [0.25, 0.3) is 0 Å². The Balaban J connectivity index is 2.39. The molecule has 0 saturated heterocycles. The van der Waals surface area contributed by atoms with Crippen molar-refractivity contribution < 1.29 is 19.4 Å².